The Hall–Kier alpha value is 0.540. The summed E-state index contributed by atoms with van der Waals surface area (Å²) in [6.45, 7) is 1.94. The van der Waals surface area contributed by atoms with Gasteiger partial charge >= 0.3 is 0 Å². The van der Waals surface area contributed by atoms with E-state index in [9.17, 15) is 0 Å². The number of alkyl halides is 2. The molecule has 0 N–H and O–H groups in total. The van der Waals surface area contributed by atoms with Gasteiger partial charge in [-0.2, -0.15) is 0 Å². The van der Waals surface area contributed by atoms with Gasteiger partial charge in [0, 0.05) is 6.20 Å². The standard InChI is InChI=1S/C6H6I2N2/c1-4-2-10-5(3-9-4)6(7)8/h2-3,6H,1H3. The quantitative estimate of drug-likeness (QED) is 0.569. The average Bonchev–Trinajstić information content (AvgIpc) is 1.88. The van der Waals surface area contributed by atoms with Crippen LogP contribution in [0.3, 0.4) is 0 Å². The first-order valence-electron chi connectivity index (χ1n) is 2.77. The second-order valence-electron chi connectivity index (χ2n) is 1.88. The summed E-state index contributed by atoms with van der Waals surface area (Å²) in [6, 6.07) is 0. The monoisotopic (exact) mass is 360 g/mol. The molecule has 0 spiro atoms. The lowest BCUT2D eigenvalue weighted by Gasteiger charge is -1.98. The summed E-state index contributed by atoms with van der Waals surface area (Å²) in [5.41, 5.74) is 2.00. The predicted octanol–water partition coefficient (Wildman–Crippen LogP) is 2.65. The summed E-state index contributed by atoms with van der Waals surface area (Å²) < 4.78 is 0.420. The number of nitrogens with zero attached hydrogens (tertiary/aromatic N) is 2. The lowest BCUT2D eigenvalue weighted by atomic mass is 10.4. The highest BCUT2D eigenvalue weighted by molar-refractivity contribution is 14.2. The minimum absolute atomic E-state index is 0.420. The topological polar surface area (TPSA) is 25.8 Å². The number of aromatic nitrogens is 2. The first-order chi connectivity index (χ1) is 4.70. The highest BCUT2D eigenvalue weighted by Gasteiger charge is 2.01. The fraction of sp³-hybridized carbons (Fsp3) is 0.333. The zero-order chi connectivity index (χ0) is 7.56. The van der Waals surface area contributed by atoms with Crippen LogP contribution in [0.5, 0.6) is 0 Å². The van der Waals surface area contributed by atoms with E-state index in [1.54, 1.807) is 6.20 Å². The molecular weight excluding hydrogens is 354 g/mol. The van der Waals surface area contributed by atoms with Gasteiger partial charge in [-0.15, -0.1) is 0 Å². The molecule has 0 aliphatic carbocycles. The molecule has 4 heteroatoms. The first-order valence-corrected chi connectivity index (χ1v) is 5.26. The molecule has 0 aromatic carbocycles. The van der Waals surface area contributed by atoms with E-state index in [0.29, 0.717) is 1.93 Å². The second kappa shape index (κ2) is 3.80. The van der Waals surface area contributed by atoms with Crippen molar-refractivity contribution in [3.63, 3.8) is 0 Å². The van der Waals surface area contributed by atoms with Crippen molar-refractivity contribution in [2.45, 2.75) is 8.86 Å². The van der Waals surface area contributed by atoms with Crippen LogP contribution in [-0.2, 0) is 0 Å². The highest BCUT2D eigenvalue weighted by atomic mass is 127. The minimum atomic E-state index is 0.420. The molecule has 0 amide bonds. The molecule has 1 aromatic rings. The van der Waals surface area contributed by atoms with Crippen molar-refractivity contribution >= 4 is 45.2 Å². The van der Waals surface area contributed by atoms with Crippen molar-refractivity contribution in [1.29, 1.82) is 0 Å². The van der Waals surface area contributed by atoms with Crippen LogP contribution in [0.25, 0.3) is 0 Å². The Morgan fingerprint density at radius 3 is 2.40 bits per heavy atom. The maximum Gasteiger partial charge on any atom is 0.106 e. The molecule has 0 aliphatic rings. The van der Waals surface area contributed by atoms with Crippen molar-refractivity contribution < 1.29 is 0 Å². The molecule has 10 heavy (non-hydrogen) atoms. The summed E-state index contributed by atoms with van der Waals surface area (Å²) in [5.74, 6) is 0. The van der Waals surface area contributed by atoms with Gasteiger partial charge in [0.1, 0.15) is 1.93 Å². The van der Waals surface area contributed by atoms with Crippen LogP contribution in [0.15, 0.2) is 12.4 Å². The first kappa shape index (κ1) is 8.63. The van der Waals surface area contributed by atoms with E-state index in [4.69, 9.17) is 0 Å². The summed E-state index contributed by atoms with van der Waals surface area (Å²) in [5, 5.41) is 0. The number of hydrogen-bond donors (Lipinski definition) is 0. The van der Waals surface area contributed by atoms with E-state index >= 15 is 0 Å². The lowest BCUT2D eigenvalue weighted by Crippen LogP contribution is -1.89. The summed E-state index contributed by atoms with van der Waals surface area (Å²) in [7, 11) is 0. The minimum Gasteiger partial charge on any atom is -0.258 e. The zero-order valence-electron chi connectivity index (χ0n) is 5.38. The maximum atomic E-state index is 4.20. The Morgan fingerprint density at radius 2 is 2.00 bits per heavy atom. The fourth-order valence-corrected chi connectivity index (χ4v) is 1.16. The van der Waals surface area contributed by atoms with Crippen molar-refractivity contribution in [2.75, 3.05) is 0 Å². The Kier molecular flexibility index (Phi) is 3.28. The van der Waals surface area contributed by atoms with E-state index in [-0.39, 0.29) is 0 Å². The van der Waals surface area contributed by atoms with Crippen LogP contribution in [-0.4, -0.2) is 9.97 Å². The van der Waals surface area contributed by atoms with Gasteiger partial charge in [-0.25, -0.2) is 0 Å². The van der Waals surface area contributed by atoms with Crippen LogP contribution in [0, 0.1) is 6.92 Å². The normalized spacial score (nSPS) is 10.4. The van der Waals surface area contributed by atoms with Crippen molar-refractivity contribution in [3.05, 3.63) is 23.8 Å². The fourth-order valence-electron chi connectivity index (χ4n) is 0.515. The number of halogens is 2. The molecule has 0 radical (unpaired) electrons. The van der Waals surface area contributed by atoms with Gasteiger partial charge in [0.15, 0.2) is 0 Å². The third kappa shape index (κ3) is 2.30. The Balaban J connectivity index is 2.89. The molecule has 2 nitrogen and oxygen atoms in total. The smallest absolute Gasteiger partial charge is 0.106 e. The van der Waals surface area contributed by atoms with E-state index < -0.39 is 0 Å². The third-order valence-electron chi connectivity index (χ3n) is 1.02. The molecule has 0 bridgehead atoms. The van der Waals surface area contributed by atoms with Gasteiger partial charge in [0.2, 0.25) is 0 Å². The molecule has 0 atom stereocenters. The van der Waals surface area contributed by atoms with Crippen LogP contribution < -0.4 is 0 Å². The molecule has 1 heterocycles. The van der Waals surface area contributed by atoms with Gasteiger partial charge in [-0.05, 0) is 6.92 Å². The molecule has 54 valence electrons. The van der Waals surface area contributed by atoms with E-state index in [1.165, 1.54) is 0 Å². The average molecular weight is 360 g/mol. The largest absolute Gasteiger partial charge is 0.258 e. The molecule has 0 unspecified atom stereocenters. The Bertz CT molecular complexity index is 207. The van der Waals surface area contributed by atoms with Crippen molar-refractivity contribution in [3.8, 4) is 0 Å². The van der Waals surface area contributed by atoms with Crippen LogP contribution in [0.2, 0.25) is 0 Å². The van der Waals surface area contributed by atoms with E-state index in [1.807, 2.05) is 13.1 Å². The summed E-state index contributed by atoms with van der Waals surface area (Å²) >= 11 is 4.61. The Morgan fingerprint density at radius 1 is 1.30 bits per heavy atom. The van der Waals surface area contributed by atoms with E-state index in [2.05, 4.69) is 55.1 Å². The molecular formula is C6H6I2N2. The molecule has 1 aromatic heterocycles. The number of hydrogen-bond acceptors (Lipinski definition) is 2. The summed E-state index contributed by atoms with van der Waals surface area (Å²) in [4.78, 5) is 8.33. The summed E-state index contributed by atoms with van der Waals surface area (Å²) in [6.07, 6.45) is 3.61. The molecule has 1 rings (SSSR count). The molecule has 0 aliphatic heterocycles. The van der Waals surface area contributed by atoms with Gasteiger partial charge in [-0.3, -0.25) is 9.97 Å². The SMILES string of the molecule is Cc1cnc(C(I)I)cn1. The Labute approximate surface area is 87.1 Å². The number of rotatable bonds is 1. The molecule has 0 saturated heterocycles. The third-order valence-corrected chi connectivity index (χ3v) is 2.30. The highest BCUT2D eigenvalue weighted by Crippen LogP contribution is 2.27. The lowest BCUT2D eigenvalue weighted by molar-refractivity contribution is 1.06. The van der Waals surface area contributed by atoms with Gasteiger partial charge in [0.25, 0.3) is 0 Å². The van der Waals surface area contributed by atoms with Crippen LogP contribution >= 0.6 is 45.2 Å². The van der Waals surface area contributed by atoms with E-state index in [0.717, 1.165) is 11.4 Å². The molecule has 0 fully saturated rings. The van der Waals surface area contributed by atoms with Gasteiger partial charge in [0.05, 0.1) is 17.6 Å². The van der Waals surface area contributed by atoms with Crippen molar-refractivity contribution in [1.82, 2.24) is 9.97 Å². The maximum absolute atomic E-state index is 4.20. The second-order valence-corrected chi connectivity index (χ2v) is 6.76. The van der Waals surface area contributed by atoms with Crippen molar-refractivity contribution in [2.24, 2.45) is 0 Å². The zero-order valence-corrected chi connectivity index (χ0v) is 9.70. The van der Waals surface area contributed by atoms with Crippen LogP contribution in [0.4, 0.5) is 0 Å². The van der Waals surface area contributed by atoms with Crippen LogP contribution in [0.1, 0.15) is 13.3 Å². The predicted molar refractivity (Wildman–Crippen MR) is 57.6 cm³/mol. The molecule has 0 saturated carbocycles. The number of aryl methyl sites for hydroxylation is 1. The van der Waals surface area contributed by atoms with Gasteiger partial charge in [-0.1, -0.05) is 45.2 Å². The van der Waals surface area contributed by atoms with Gasteiger partial charge < -0.3 is 0 Å².